The van der Waals surface area contributed by atoms with Crippen molar-refractivity contribution in [1.29, 1.82) is 0 Å². The van der Waals surface area contributed by atoms with Crippen molar-refractivity contribution in [3.8, 4) is 5.75 Å². The van der Waals surface area contributed by atoms with Gasteiger partial charge in [0.15, 0.2) is 5.11 Å². The number of methoxy groups -OCH3 is 2. The summed E-state index contributed by atoms with van der Waals surface area (Å²) in [7, 11) is 3.12. The van der Waals surface area contributed by atoms with Gasteiger partial charge in [-0.3, -0.25) is 9.59 Å². The third kappa shape index (κ3) is 7.63. The van der Waals surface area contributed by atoms with Gasteiger partial charge in [0.05, 0.1) is 13.7 Å². The quantitative estimate of drug-likeness (QED) is 0.359. The predicted molar refractivity (Wildman–Crippen MR) is 136 cm³/mol. The number of benzene rings is 2. The molecule has 1 saturated heterocycles. The van der Waals surface area contributed by atoms with E-state index in [0.29, 0.717) is 61.2 Å². The van der Waals surface area contributed by atoms with E-state index in [9.17, 15) is 14.0 Å². The monoisotopic (exact) mass is 502 g/mol. The molecule has 2 aromatic rings. The van der Waals surface area contributed by atoms with Crippen LogP contribution in [0, 0.1) is 11.7 Å². The highest BCUT2D eigenvalue weighted by Gasteiger charge is 2.33. The average Bonchev–Trinajstić information content (AvgIpc) is 2.88. The first kappa shape index (κ1) is 26.4. The number of piperidine rings is 1. The third-order valence-electron chi connectivity index (χ3n) is 5.92. The first-order valence-electron chi connectivity index (χ1n) is 11.4. The zero-order valence-electron chi connectivity index (χ0n) is 19.9. The normalized spacial score (nSPS) is 14.7. The predicted octanol–water partition coefficient (Wildman–Crippen LogP) is 2.80. The van der Waals surface area contributed by atoms with Crippen molar-refractivity contribution in [2.24, 2.45) is 5.92 Å². The molecule has 35 heavy (non-hydrogen) atoms. The highest BCUT2D eigenvalue weighted by molar-refractivity contribution is 7.80. The van der Waals surface area contributed by atoms with E-state index in [1.807, 2.05) is 4.90 Å². The number of ether oxygens (including phenoxy) is 2. The molecule has 0 aliphatic carbocycles. The van der Waals surface area contributed by atoms with E-state index in [1.165, 1.54) is 12.1 Å². The summed E-state index contributed by atoms with van der Waals surface area (Å²) in [5.41, 5.74) is 1.16. The Morgan fingerprint density at radius 1 is 1.09 bits per heavy atom. The van der Waals surface area contributed by atoms with Gasteiger partial charge in [-0.2, -0.15) is 0 Å². The van der Waals surface area contributed by atoms with Gasteiger partial charge < -0.3 is 30.3 Å². The van der Waals surface area contributed by atoms with Crippen molar-refractivity contribution in [3.05, 3.63) is 59.9 Å². The second-order valence-corrected chi connectivity index (χ2v) is 8.61. The molecule has 2 aromatic carbocycles. The lowest BCUT2D eigenvalue weighted by molar-refractivity contribution is -0.124. The number of anilines is 1. The Kier molecular flexibility index (Phi) is 9.80. The number of amides is 2. The van der Waals surface area contributed by atoms with E-state index in [1.54, 1.807) is 50.6 Å². The summed E-state index contributed by atoms with van der Waals surface area (Å²) >= 11 is 5.52. The van der Waals surface area contributed by atoms with Crippen LogP contribution in [0.4, 0.5) is 10.1 Å². The van der Waals surface area contributed by atoms with Gasteiger partial charge in [-0.05, 0) is 79.5 Å². The lowest BCUT2D eigenvalue weighted by Crippen LogP contribution is -2.54. The van der Waals surface area contributed by atoms with Gasteiger partial charge in [-0.1, -0.05) is 0 Å². The van der Waals surface area contributed by atoms with Crippen LogP contribution < -0.4 is 20.7 Å². The molecule has 1 atom stereocenters. The highest BCUT2D eigenvalue weighted by Crippen LogP contribution is 2.23. The molecular formula is C25H31FN4O4S. The van der Waals surface area contributed by atoms with Gasteiger partial charge in [0.25, 0.3) is 5.91 Å². The Morgan fingerprint density at radius 3 is 2.34 bits per heavy atom. The van der Waals surface area contributed by atoms with Crippen LogP contribution in [0.2, 0.25) is 0 Å². The van der Waals surface area contributed by atoms with E-state index in [-0.39, 0.29) is 23.5 Å². The average molecular weight is 503 g/mol. The van der Waals surface area contributed by atoms with Crippen LogP contribution in [-0.2, 0) is 9.53 Å². The number of rotatable bonds is 9. The molecule has 0 bridgehead atoms. The summed E-state index contributed by atoms with van der Waals surface area (Å²) < 4.78 is 23.3. The Labute approximate surface area is 210 Å². The molecule has 2 amide bonds. The fraction of sp³-hybridized carbons (Fsp3) is 0.400. The first-order chi connectivity index (χ1) is 16.9. The zero-order valence-corrected chi connectivity index (χ0v) is 20.7. The summed E-state index contributed by atoms with van der Waals surface area (Å²) in [5, 5.41) is 9.43. The van der Waals surface area contributed by atoms with Crippen LogP contribution in [0.1, 0.15) is 23.2 Å². The maximum Gasteiger partial charge on any atom is 0.251 e. The van der Waals surface area contributed by atoms with Crippen molar-refractivity contribution >= 4 is 34.8 Å². The van der Waals surface area contributed by atoms with Gasteiger partial charge in [0.2, 0.25) is 5.91 Å². The van der Waals surface area contributed by atoms with Crippen LogP contribution in [0.15, 0.2) is 48.5 Å². The Balaban J connectivity index is 1.62. The van der Waals surface area contributed by atoms with E-state index < -0.39 is 6.04 Å². The molecule has 0 spiro atoms. The molecule has 0 radical (unpaired) electrons. The molecule has 0 aromatic heterocycles. The summed E-state index contributed by atoms with van der Waals surface area (Å²) in [6.45, 7) is 1.98. The molecular weight excluding hydrogens is 471 g/mol. The van der Waals surface area contributed by atoms with E-state index in [0.717, 1.165) is 0 Å². The van der Waals surface area contributed by atoms with E-state index in [4.69, 9.17) is 21.7 Å². The SMILES string of the molecule is COCCNC(=O)C(NC(=O)c1ccc(OC)cc1)C1CCN(C(=S)Nc2ccc(F)cc2)CC1. The fourth-order valence-electron chi connectivity index (χ4n) is 3.92. The molecule has 1 fully saturated rings. The van der Waals surface area contributed by atoms with Crippen LogP contribution in [0.5, 0.6) is 5.75 Å². The van der Waals surface area contributed by atoms with E-state index in [2.05, 4.69) is 16.0 Å². The summed E-state index contributed by atoms with van der Waals surface area (Å²) in [4.78, 5) is 27.9. The Bertz CT molecular complexity index is 996. The summed E-state index contributed by atoms with van der Waals surface area (Å²) in [5.74, 6) is -0.295. The number of thiocarbonyl (C=S) groups is 1. The van der Waals surface area contributed by atoms with Crippen molar-refractivity contribution in [1.82, 2.24) is 15.5 Å². The molecule has 10 heteroatoms. The minimum Gasteiger partial charge on any atom is -0.497 e. The van der Waals surface area contributed by atoms with Gasteiger partial charge in [-0.25, -0.2) is 4.39 Å². The van der Waals surface area contributed by atoms with Crippen molar-refractivity contribution in [2.45, 2.75) is 18.9 Å². The maximum atomic E-state index is 13.1. The molecule has 1 aliphatic heterocycles. The highest BCUT2D eigenvalue weighted by atomic mass is 32.1. The smallest absolute Gasteiger partial charge is 0.251 e. The second-order valence-electron chi connectivity index (χ2n) is 8.22. The van der Waals surface area contributed by atoms with Gasteiger partial charge in [0, 0.05) is 38.0 Å². The number of halogens is 1. The molecule has 188 valence electrons. The number of carbonyl (C=O) groups is 2. The summed E-state index contributed by atoms with van der Waals surface area (Å²) in [6.07, 6.45) is 1.33. The van der Waals surface area contributed by atoms with Crippen LogP contribution in [-0.4, -0.2) is 68.3 Å². The molecule has 1 unspecified atom stereocenters. The largest absolute Gasteiger partial charge is 0.497 e. The third-order valence-corrected chi connectivity index (χ3v) is 6.28. The Morgan fingerprint density at radius 2 is 1.74 bits per heavy atom. The van der Waals surface area contributed by atoms with E-state index >= 15 is 0 Å². The molecule has 1 heterocycles. The first-order valence-corrected chi connectivity index (χ1v) is 11.8. The fourth-order valence-corrected chi connectivity index (χ4v) is 4.22. The maximum absolute atomic E-state index is 13.1. The van der Waals surface area contributed by atoms with Crippen LogP contribution >= 0.6 is 12.2 Å². The molecule has 3 N–H and O–H groups in total. The number of hydrogen-bond acceptors (Lipinski definition) is 5. The minimum atomic E-state index is -0.692. The number of nitrogens with one attached hydrogen (secondary N) is 3. The zero-order chi connectivity index (χ0) is 25.2. The van der Waals surface area contributed by atoms with Gasteiger partial charge >= 0.3 is 0 Å². The number of carbonyl (C=O) groups excluding carboxylic acids is 2. The lowest BCUT2D eigenvalue weighted by Gasteiger charge is -2.37. The molecule has 0 saturated carbocycles. The topological polar surface area (TPSA) is 91.9 Å². The second kappa shape index (κ2) is 13.0. The van der Waals surface area contributed by atoms with Gasteiger partial charge in [0.1, 0.15) is 17.6 Å². The molecule has 3 rings (SSSR count). The van der Waals surface area contributed by atoms with Crippen molar-refractivity contribution in [3.63, 3.8) is 0 Å². The minimum absolute atomic E-state index is 0.0652. The lowest BCUT2D eigenvalue weighted by atomic mass is 9.88. The number of hydrogen-bond donors (Lipinski definition) is 3. The number of likely N-dealkylation sites (tertiary alicyclic amines) is 1. The summed E-state index contributed by atoms with van der Waals surface area (Å²) in [6, 6.07) is 12.0. The van der Waals surface area contributed by atoms with Crippen molar-refractivity contribution in [2.75, 3.05) is 45.8 Å². The Hall–Kier alpha value is -3.24. The molecule has 1 aliphatic rings. The van der Waals surface area contributed by atoms with Crippen LogP contribution in [0.25, 0.3) is 0 Å². The van der Waals surface area contributed by atoms with Gasteiger partial charge in [-0.15, -0.1) is 0 Å². The van der Waals surface area contributed by atoms with Crippen molar-refractivity contribution < 1.29 is 23.5 Å². The number of nitrogens with zero attached hydrogens (tertiary/aromatic N) is 1. The van der Waals surface area contributed by atoms with Crippen LogP contribution in [0.3, 0.4) is 0 Å². The standard InChI is InChI=1S/C25H31FN4O4S/c1-33-16-13-27-24(32)22(29-23(31)18-3-9-21(34-2)10-4-18)17-11-14-30(15-12-17)25(35)28-20-7-5-19(26)6-8-20/h3-10,17,22H,11-16H2,1-2H3,(H,27,32)(H,28,35)(H,29,31). The molecule has 8 nitrogen and oxygen atoms in total.